The number of hydrogen-bond acceptors (Lipinski definition) is 3. The molecule has 0 spiro atoms. The Balaban J connectivity index is 2.19. The van der Waals surface area contributed by atoms with Crippen LogP contribution in [0.25, 0.3) is 0 Å². The van der Waals surface area contributed by atoms with Crippen molar-refractivity contribution < 1.29 is 14.3 Å². The Hall–Kier alpha value is -0.930. The van der Waals surface area contributed by atoms with Crippen molar-refractivity contribution in [3.05, 3.63) is 25.3 Å². The largest absolute Gasteiger partial charge is 0.377 e. The second-order valence-electron chi connectivity index (χ2n) is 5.90. The van der Waals surface area contributed by atoms with Crippen molar-refractivity contribution in [2.75, 3.05) is 19.8 Å². The summed E-state index contributed by atoms with van der Waals surface area (Å²) >= 11 is 0. The summed E-state index contributed by atoms with van der Waals surface area (Å²) in [6.45, 7) is 11.3. The summed E-state index contributed by atoms with van der Waals surface area (Å²) in [4.78, 5) is 12.4. The summed E-state index contributed by atoms with van der Waals surface area (Å²) in [5.41, 5.74) is 0. The van der Waals surface area contributed by atoms with Gasteiger partial charge in [-0.25, -0.2) is 0 Å². The number of carbonyl (C=O) groups excluding carboxylic acids is 1. The van der Waals surface area contributed by atoms with Crippen molar-refractivity contribution in [1.82, 2.24) is 0 Å². The maximum Gasteiger partial charge on any atom is 0.138 e. The minimum atomic E-state index is 0.146. The van der Waals surface area contributed by atoms with Gasteiger partial charge in [0.05, 0.1) is 19.3 Å². The van der Waals surface area contributed by atoms with E-state index < -0.39 is 0 Å². The van der Waals surface area contributed by atoms with Crippen LogP contribution in [0.3, 0.4) is 0 Å². The minimum Gasteiger partial charge on any atom is -0.377 e. The fourth-order valence-electron chi connectivity index (χ4n) is 2.92. The molecule has 1 aliphatic rings. The van der Waals surface area contributed by atoms with Crippen LogP contribution in [0.2, 0.25) is 0 Å². The molecule has 0 saturated heterocycles. The number of Topliss-reactive ketones (excluding diaryl/α,β-unsaturated/α-hetero) is 1. The van der Waals surface area contributed by atoms with Crippen LogP contribution in [0.15, 0.2) is 25.3 Å². The van der Waals surface area contributed by atoms with Crippen LogP contribution < -0.4 is 0 Å². The van der Waals surface area contributed by atoms with Gasteiger partial charge >= 0.3 is 0 Å². The summed E-state index contributed by atoms with van der Waals surface area (Å²) in [6, 6.07) is 0. The third-order valence-electron chi connectivity index (χ3n) is 4.17. The Bertz CT molecular complexity index is 316. The average molecular weight is 294 g/mol. The van der Waals surface area contributed by atoms with Crippen molar-refractivity contribution in [2.24, 2.45) is 11.8 Å². The first-order valence-corrected chi connectivity index (χ1v) is 8.13. The van der Waals surface area contributed by atoms with Crippen LogP contribution >= 0.6 is 0 Å². The molecule has 0 aliphatic heterocycles. The maximum absolute atomic E-state index is 12.4. The molecule has 21 heavy (non-hydrogen) atoms. The number of ketones is 1. The predicted octanol–water partition coefficient (Wildman–Crippen LogP) is 3.94. The van der Waals surface area contributed by atoms with Gasteiger partial charge in [0.15, 0.2) is 0 Å². The van der Waals surface area contributed by atoms with Gasteiger partial charge in [-0.05, 0) is 38.5 Å². The van der Waals surface area contributed by atoms with E-state index in [-0.39, 0.29) is 11.8 Å². The van der Waals surface area contributed by atoms with E-state index in [9.17, 15) is 4.79 Å². The van der Waals surface area contributed by atoms with Crippen molar-refractivity contribution in [1.29, 1.82) is 0 Å². The zero-order valence-electron chi connectivity index (χ0n) is 13.4. The van der Waals surface area contributed by atoms with E-state index in [0.29, 0.717) is 31.7 Å². The first-order valence-electron chi connectivity index (χ1n) is 8.13. The summed E-state index contributed by atoms with van der Waals surface area (Å²) in [6.07, 6.45) is 9.65. The van der Waals surface area contributed by atoms with Crippen molar-refractivity contribution in [3.8, 4) is 0 Å². The molecule has 0 bridgehead atoms. The zero-order valence-corrected chi connectivity index (χ0v) is 13.4. The fraction of sp³-hybridized carbons (Fsp3) is 0.722. The second-order valence-corrected chi connectivity index (χ2v) is 5.90. The number of ether oxygens (including phenoxy) is 2. The normalized spacial score (nSPS) is 23.5. The van der Waals surface area contributed by atoms with E-state index in [2.05, 4.69) is 20.1 Å². The van der Waals surface area contributed by atoms with Crippen LogP contribution in [0.5, 0.6) is 0 Å². The Morgan fingerprint density at radius 1 is 1.19 bits per heavy atom. The van der Waals surface area contributed by atoms with Crippen LogP contribution in [0, 0.1) is 11.8 Å². The van der Waals surface area contributed by atoms with Crippen molar-refractivity contribution in [3.63, 3.8) is 0 Å². The molecular weight excluding hydrogens is 264 g/mol. The van der Waals surface area contributed by atoms with Gasteiger partial charge in [-0.2, -0.15) is 0 Å². The Labute approximate surface area is 129 Å². The monoisotopic (exact) mass is 294 g/mol. The minimum absolute atomic E-state index is 0.146. The first-order chi connectivity index (χ1) is 10.2. The molecule has 1 rings (SSSR count). The molecule has 0 aromatic carbocycles. The molecule has 0 amide bonds. The van der Waals surface area contributed by atoms with Gasteiger partial charge in [0.25, 0.3) is 0 Å². The lowest BCUT2D eigenvalue weighted by Gasteiger charge is -2.29. The third-order valence-corrected chi connectivity index (χ3v) is 4.17. The summed E-state index contributed by atoms with van der Waals surface area (Å²) in [5.74, 6) is 0.812. The molecule has 3 heteroatoms. The van der Waals surface area contributed by atoms with Crippen LogP contribution in [0.4, 0.5) is 0 Å². The second kappa shape index (κ2) is 10.7. The Morgan fingerprint density at radius 3 is 2.48 bits per heavy atom. The molecule has 0 aromatic heterocycles. The topological polar surface area (TPSA) is 35.5 Å². The number of hydrogen-bond donors (Lipinski definition) is 0. The van der Waals surface area contributed by atoms with E-state index in [4.69, 9.17) is 9.47 Å². The molecule has 0 heterocycles. The lowest BCUT2D eigenvalue weighted by Crippen LogP contribution is -2.29. The molecule has 120 valence electrons. The van der Waals surface area contributed by atoms with Crippen molar-refractivity contribution >= 4 is 5.78 Å². The standard InChI is InChI=1S/C18H30O3/c1-4-12-20-14-6-7-15(3)18(19)16-8-10-17(11-9-16)21-13-5-2/h4-5,15-17H,1-2,6-14H2,3H3. The highest BCUT2D eigenvalue weighted by Crippen LogP contribution is 2.29. The third kappa shape index (κ3) is 7.05. The Kier molecular flexibility index (Phi) is 9.27. The van der Waals surface area contributed by atoms with E-state index in [1.165, 1.54) is 0 Å². The zero-order chi connectivity index (χ0) is 15.5. The summed E-state index contributed by atoms with van der Waals surface area (Å²) in [5, 5.41) is 0. The predicted molar refractivity (Wildman–Crippen MR) is 86.3 cm³/mol. The van der Waals surface area contributed by atoms with E-state index >= 15 is 0 Å². The molecule has 1 atom stereocenters. The van der Waals surface area contributed by atoms with E-state index in [1.807, 2.05) is 0 Å². The Morgan fingerprint density at radius 2 is 1.86 bits per heavy atom. The maximum atomic E-state index is 12.4. The number of rotatable bonds is 11. The molecule has 0 radical (unpaired) electrons. The lowest BCUT2D eigenvalue weighted by atomic mass is 9.80. The molecule has 1 aliphatic carbocycles. The van der Waals surface area contributed by atoms with Gasteiger partial charge in [-0.15, -0.1) is 13.2 Å². The van der Waals surface area contributed by atoms with Crippen LogP contribution in [-0.4, -0.2) is 31.7 Å². The van der Waals surface area contributed by atoms with Gasteiger partial charge in [0.2, 0.25) is 0 Å². The van der Waals surface area contributed by atoms with Crippen LogP contribution in [0.1, 0.15) is 45.4 Å². The molecular formula is C18H30O3. The quantitative estimate of drug-likeness (QED) is 0.428. The average Bonchev–Trinajstić information content (AvgIpc) is 2.52. The SMILES string of the molecule is C=CCOCCCC(C)C(=O)C1CCC(OCC=C)CC1. The van der Waals surface area contributed by atoms with E-state index in [1.54, 1.807) is 12.2 Å². The molecule has 1 fully saturated rings. The molecule has 0 N–H and O–H groups in total. The van der Waals surface area contributed by atoms with Crippen LogP contribution in [-0.2, 0) is 14.3 Å². The summed E-state index contributed by atoms with van der Waals surface area (Å²) in [7, 11) is 0. The molecule has 3 nitrogen and oxygen atoms in total. The highest BCUT2D eigenvalue weighted by molar-refractivity contribution is 5.83. The number of carbonyl (C=O) groups is 1. The smallest absolute Gasteiger partial charge is 0.138 e. The van der Waals surface area contributed by atoms with Gasteiger partial charge < -0.3 is 9.47 Å². The van der Waals surface area contributed by atoms with Crippen molar-refractivity contribution in [2.45, 2.75) is 51.6 Å². The molecule has 1 unspecified atom stereocenters. The fourth-order valence-corrected chi connectivity index (χ4v) is 2.92. The van der Waals surface area contributed by atoms with Gasteiger partial charge in [0.1, 0.15) is 5.78 Å². The first kappa shape index (κ1) is 18.1. The highest BCUT2D eigenvalue weighted by atomic mass is 16.5. The molecule has 0 aromatic rings. The molecule has 1 saturated carbocycles. The van der Waals surface area contributed by atoms with Gasteiger partial charge in [-0.1, -0.05) is 19.1 Å². The van der Waals surface area contributed by atoms with Gasteiger partial charge in [-0.3, -0.25) is 4.79 Å². The highest BCUT2D eigenvalue weighted by Gasteiger charge is 2.28. The van der Waals surface area contributed by atoms with Gasteiger partial charge in [0, 0.05) is 18.4 Å². The summed E-state index contributed by atoms with van der Waals surface area (Å²) < 4.78 is 11.0. The van der Waals surface area contributed by atoms with E-state index in [0.717, 1.165) is 38.5 Å². The lowest BCUT2D eigenvalue weighted by molar-refractivity contribution is -0.128.